The summed E-state index contributed by atoms with van der Waals surface area (Å²) in [5.74, 6) is 14.0. The first kappa shape index (κ1) is 17.0. The Morgan fingerprint density at radius 3 is 0.957 bits per heavy atom. The van der Waals surface area contributed by atoms with Crippen molar-refractivity contribution < 1.29 is 17.1 Å². The van der Waals surface area contributed by atoms with Gasteiger partial charge in [0.25, 0.3) is 0 Å². The molecule has 0 amide bonds. The Balaban J connectivity index is 0.00000135. The van der Waals surface area contributed by atoms with Gasteiger partial charge in [0, 0.05) is 17.1 Å². The average Bonchev–Trinajstić information content (AvgIpc) is 3.03. The molecule has 0 aromatic heterocycles. The third kappa shape index (κ3) is 2.97. The molecule has 0 spiro atoms. The summed E-state index contributed by atoms with van der Waals surface area (Å²) in [6.07, 6.45) is 21.3. The van der Waals surface area contributed by atoms with Crippen molar-refractivity contribution in [2.24, 2.45) is 0 Å². The van der Waals surface area contributed by atoms with Crippen molar-refractivity contribution in [3.8, 4) is 0 Å². The van der Waals surface area contributed by atoms with Crippen LogP contribution in [0.3, 0.4) is 0 Å². The zero-order valence-electron chi connectivity index (χ0n) is 14.0. The van der Waals surface area contributed by atoms with Crippen LogP contribution in [0.1, 0.15) is 77.0 Å². The van der Waals surface area contributed by atoms with Crippen molar-refractivity contribution in [2.75, 3.05) is 0 Å². The number of rotatable bonds is 0. The van der Waals surface area contributed by atoms with Gasteiger partial charge in [0.2, 0.25) is 0 Å². The van der Waals surface area contributed by atoms with Crippen molar-refractivity contribution in [1.29, 1.82) is 0 Å². The van der Waals surface area contributed by atoms with Crippen molar-refractivity contribution >= 4 is 0 Å². The van der Waals surface area contributed by atoms with Gasteiger partial charge in [-0.1, -0.05) is 25.7 Å². The Labute approximate surface area is 154 Å². The van der Waals surface area contributed by atoms with E-state index in [1.165, 1.54) is 77.0 Å². The average molecular weight is 346 g/mol. The van der Waals surface area contributed by atoms with Crippen LogP contribution in [-0.2, 0) is 17.1 Å². The second kappa shape index (κ2) is 7.03. The van der Waals surface area contributed by atoms with E-state index in [0.717, 1.165) is 0 Å². The molecule has 0 aliphatic heterocycles. The maximum atomic E-state index is 2.62. The number of hydrogen-bond donors (Lipinski definition) is 0. The summed E-state index contributed by atoms with van der Waals surface area (Å²) in [4.78, 5) is 0. The maximum Gasteiger partial charge on any atom is 0 e. The fraction of sp³-hybridized carbons (Fsp3) is 0.545. The largest absolute Gasteiger partial charge is 0.0521 e. The minimum absolute atomic E-state index is 0. The van der Waals surface area contributed by atoms with E-state index in [0.29, 0.717) is 0 Å². The first-order chi connectivity index (χ1) is 10.9. The third-order valence-electron chi connectivity index (χ3n) is 6.47. The van der Waals surface area contributed by atoms with Gasteiger partial charge in [-0.05, 0) is 112 Å². The van der Waals surface area contributed by atoms with E-state index in [4.69, 9.17) is 0 Å². The summed E-state index contributed by atoms with van der Waals surface area (Å²) in [5, 5.41) is 0. The van der Waals surface area contributed by atoms with E-state index in [2.05, 4.69) is 12.8 Å². The van der Waals surface area contributed by atoms with E-state index in [1.807, 2.05) is 0 Å². The van der Waals surface area contributed by atoms with Gasteiger partial charge >= 0.3 is 0 Å². The predicted octanol–water partition coefficient (Wildman–Crippen LogP) is 5.74. The maximum absolute atomic E-state index is 2.62. The molecule has 0 saturated heterocycles. The summed E-state index contributed by atoms with van der Waals surface area (Å²) in [5.41, 5.74) is 0. The molecule has 0 unspecified atom stereocenters. The van der Waals surface area contributed by atoms with Crippen LogP contribution in [0.4, 0.5) is 0 Å². The Kier molecular flexibility index (Phi) is 5.18. The van der Waals surface area contributed by atoms with E-state index in [-0.39, 0.29) is 17.1 Å². The molecule has 5 aliphatic carbocycles. The van der Waals surface area contributed by atoms with E-state index in [9.17, 15) is 0 Å². The van der Waals surface area contributed by atoms with Crippen molar-refractivity contribution in [1.82, 2.24) is 0 Å². The molecule has 0 aromatic rings. The molecule has 0 nitrogen and oxygen atoms in total. The van der Waals surface area contributed by atoms with Gasteiger partial charge in [-0.3, -0.25) is 0 Å². The molecule has 5 fully saturated rings. The van der Waals surface area contributed by atoms with Crippen LogP contribution in [0.15, 0.2) is 0 Å². The topological polar surface area (TPSA) is 0 Å². The summed E-state index contributed by atoms with van der Waals surface area (Å²) < 4.78 is 0. The first-order valence-corrected chi connectivity index (χ1v) is 9.48. The summed E-state index contributed by atoms with van der Waals surface area (Å²) in [6, 6.07) is 0. The summed E-state index contributed by atoms with van der Waals surface area (Å²) in [6.45, 7) is 0. The van der Waals surface area contributed by atoms with Gasteiger partial charge in [-0.15, -0.1) is 0 Å². The van der Waals surface area contributed by atoms with Crippen LogP contribution in [0.25, 0.3) is 0 Å². The molecule has 23 heavy (non-hydrogen) atoms. The van der Waals surface area contributed by atoms with Gasteiger partial charge in [0.1, 0.15) is 0 Å². The second-order valence-electron chi connectivity index (χ2n) is 7.72. The molecular formula is C22H26Fe. The van der Waals surface area contributed by atoms with Crippen molar-refractivity contribution in [3.63, 3.8) is 0 Å². The Hall–Kier alpha value is 0.519. The van der Waals surface area contributed by atoms with Crippen LogP contribution in [-0.4, -0.2) is 0 Å². The van der Waals surface area contributed by atoms with E-state index < -0.39 is 0 Å². The molecule has 10 radical (unpaired) electrons. The standard InChI is InChI=1S/C22H26.Fe/c1-5-15-13-17-7-2-8-18-14-16(6-1)20-10-3-9-19(15)21(17)11-4-12-22(18)20;/h13-14H,1-12H2;. The zero-order valence-corrected chi connectivity index (χ0v) is 15.1. The van der Waals surface area contributed by atoms with E-state index >= 15 is 0 Å². The zero-order chi connectivity index (χ0) is 14.5. The van der Waals surface area contributed by atoms with Gasteiger partial charge < -0.3 is 0 Å². The number of hydrogen-bond acceptors (Lipinski definition) is 0. The molecule has 122 valence electrons. The van der Waals surface area contributed by atoms with Crippen LogP contribution in [0.5, 0.6) is 0 Å². The molecule has 0 aromatic carbocycles. The summed E-state index contributed by atoms with van der Waals surface area (Å²) in [7, 11) is 0. The molecule has 5 aliphatic rings. The smallest absolute Gasteiger partial charge is 0 e. The van der Waals surface area contributed by atoms with Crippen molar-refractivity contribution in [2.45, 2.75) is 77.0 Å². The molecule has 0 N–H and O–H groups in total. The molecule has 4 bridgehead atoms. The SMILES string of the molecule is [CH]1[C]2CCC[C]3[CH][C]4CCC[C]1[C]1CCC[C]4[C]3CCC[C]21.[Fe]. The Morgan fingerprint density at radius 2 is 0.652 bits per heavy atom. The molecule has 0 heterocycles. The Morgan fingerprint density at radius 1 is 0.391 bits per heavy atom. The van der Waals surface area contributed by atoms with Gasteiger partial charge in [0.15, 0.2) is 0 Å². The quantitative estimate of drug-likeness (QED) is 0.491. The second-order valence-corrected chi connectivity index (χ2v) is 7.72. The monoisotopic (exact) mass is 346 g/mol. The molecular weight excluding hydrogens is 320 g/mol. The normalized spacial score (nSPS) is 33.4. The van der Waals surface area contributed by atoms with Crippen LogP contribution in [0, 0.1) is 60.2 Å². The molecule has 0 atom stereocenters. The van der Waals surface area contributed by atoms with Crippen LogP contribution in [0.2, 0.25) is 0 Å². The first-order valence-electron chi connectivity index (χ1n) is 9.48. The van der Waals surface area contributed by atoms with Gasteiger partial charge in [-0.2, -0.15) is 0 Å². The predicted molar refractivity (Wildman–Crippen MR) is 89.9 cm³/mol. The Bertz CT molecular complexity index is 335. The van der Waals surface area contributed by atoms with Gasteiger partial charge in [0.05, 0.1) is 0 Å². The minimum Gasteiger partial charge on any atom is -0.0521 e. The van der Waals surface area contributed by atoms with E-state index in [1.54, 1.807) is 47.3 Å². The minimum atomic E-state index is 0. The van der Waals surface area contributed by atoms with Crippen LogP contribution < -0.4 is 0 Å². The van der Waals surface area contributed by atoms with Crippen molar-refractivity contribution in [3.05, 3.63) is 60.2 Å². The molecule has 5 rings (SSSR count). The molecule has 5 saturated carbocycles. The third-order valence-corrected chi connectivity index (χ3v) is 6.47. The summed E-state index contributed by atoms with van der Waals surface area (Å²) >= 11 is 0. The van der Waals surface area contributed by atoms with Gasteiger partial charge in [-0.25, -0.2) is 0 Å². The van der Waals surface area contributed by atoms with Crippen LogP contribution >= 0.6 is 0 Å². The number of fused-ring (bicyclic) bond motifs is 4. The fourth-order valence-corrected chi connectivity index (χ4v) is 5.50. The fourth-order valence-electron chi connectivity index (χ4n) is 5.50. The molecule has 1 heteroatoms.